The quantitative estimate of drug-likeness (QED) is 0.708. The molecule has 36 heavy (non-hydrogen) atoms. The predicted octanol–water partition coefficient (Wildman–Crippen LogP) is 3.53. The van der Waals surface area contributed by atoms with Crippen molar-refractivity contribution in [3.05, 3.63) is 65.2 Å². The number of piperazine rings is 1. The van der Waals surface area contributed by atoms with E-state index in [1.165, 1.54) is 0 Å². The average Bonchev–Trinajstić information content (AvgIpc) is 2.90. The molecule has 0 atom stereocenters. The van der Waals surface area contributed by atoms with Crippen molar-refractivity contribution >= 4 is 11.8 Å². The molecule has 0 aliphatic carbocycles. The number of ether oxygens (including phenoxy) is 1. The molecule has 194 valence electrons. The number of benzene rings is 2. The Morgan fingerprint density at radius 1 is 0.944 bits per heavy atom. The molecule has 7 heteroatoms. The first-order valence-corrected chi connectivity index (χ1v) is 13.3. The lowest BCUT2D eigenvalue weighted by Crippen LogP contribution is -2.50. The highest BCUT2D eigenvalue weighted by Gasteiger charge is 2.27. The van der Waals surface area contributed by atoms with Crippen LogP contribution in [0.15, 0.2) is 48.5 Å². The van der Waals surface area contributed by atoms with E-state index in [1.807, 2.05) is 41.3 Å². The van der Waals surface area contributed by atoms with E-state index in [-0.39, 0.29) is 18.4 Å². The zero-order valence-corrected chi connectivity index (χ0v) is 21.7. The summed E-state index contributed by atoms with van der Waals surface area (Å²) in [6.07, 6.45) is 2.84. The first kappa shape index (κ1) is 26.2. The maximum Gasteiger partial charge on any atom is 0.254 e. The Kier molecular flexibility index (Phi) is 9.36. The minimum absolute atomic E-state index is 0.0151. The van der Waals surface area contributed by atoms with Gasteiger partial charge in [0.1, 0.15) is 5.75 Å². The van der Waals surface area contributed by atoms with Crippen molar-refractivity contribution in [1.82, 2.24) is 20.0 Å². The van der Waals surface area contributed by atoms with Gasteiger partial charge in [-0.25, -0.2) is 0 Å². The van der Waals surface area contributed by atoms with Crippen molar-refractivity contribution < 1.29 is 14.3 Å². The Bertz CT molecular complexity index is 1000. The van der Waals surface area contributed by atoms with Crippen LogP contribution in [-0.2, 0) is 17.9 Å². The van der Waals surface area contributed by atoms with Gasteiger partial charge in [0.25, 0.3) is 5.91 Å². The van der Waals surface area contributed by atoms with Crippen LogP contribution < -0.4 is 10.1 Å². The van der Waals surface area contributed by atoms with E-state index in [9.17, 15) is 9.59 Å². The van der Waals surface area contributed by atoms with E-state index in [0.29, 0.717) is 37.8 Å². The van der Waals surface area contributed by atoms with Crippen molar-refractivity contribution in [3.8, 4) is 5.75 Å². The van der Waals surface area contributed by atoms with Crippen molar-refractivity contribution in [1.29, 1.82) is 0 Å². The normalized spacial score (nSPS) is 18.9. The lowest BCUT2D eigenvalue weighted by Gasteiger charge is -2.37. The highest BCUT2D eigenvalue weighted by Crippen LogP contribution is 2.27. The number of hydrogen-bond acceptors (Lipinski definition) is 5. The highest BCUT2D eigenvalue weighted by molar-refractivity contribution is 5.96. The molecule has 2 aromatic carbocycles. The van der Waals surface area contributed by atoms with Crippen LogP contribution in [0.2, 0.25) is 0 Å². The van der Waals surface area contributed by atoms with E-state index >= 15 is 0 Å². The molecule has 2 heterocycles. The van der Waals surface area contributed by atoms with Gasteiger partial charge in [0.05, 0.1) is 13.2 Å². The fraction of sp³-hybridized carbons (Fsp3) is 0.517. The van der Waals surface area contributed by atoms with E-state index in [4.69, 9.17) is 4.74 Å². The monoisotopic (exact) mass is 492 g/mol. The molecule has 0 spiro atoms. The molecule has 0 saturated carbocycles. The lowest BCUT2D eigenvalue weighted by atomic mass is 10.0. The average molecular weight is 493 g/mol. The lowest BCUT2D eigenvalue weighted by molar-refractivity contribution is -0.122. The van der Waals surface area contributed by atoms with Crippen LogP contribution in [0.5, 0.6) is 5.75 Å². The minimum Gasteiger partial charge on any atom is -0.493 e. The Balaban J connectivity index is 1.62. The fourth-order valence-electron chi connectivity index (χ4n) is 4.98. The summed E-state index contributed by atoms with van der Waals surface area (Å²) in [6, 6.07) is 16.4. The molecule has 2 aliphatic heterocycles. The van der Waals surface area contributed by atoms with Crippen molar-refractivity contribution in [3.63, 3.8) is 0 Å². The second kappa shape index (κ2) is 12.9. The van der Waals surface area contributed by atoms with Crippen LogP contribution in [-0.4, -0.2) is 78.4 Å². The van der Waals surface area contributed by atoms with Gasteiger partial charge >= 0.3 is 0 Å². The molecule has 1 saturated heterocycles. The van der Waals surface area contributed by atoms with Gasteiger partial charge in [-0.15, -0.1) is 0 Å². The van der Waals surface area contributed by atoms with Crippen LogP contribution in [0.4, 0.5) is 0 Å². The first-order chi connectivity index (χ1) is 17.5. The Labute approximate surface area is 215 Å². The number of fused-ring (bicyclic) bond motifs is 1. The van der Waals surface area contributed by atoms with Crippen LogP contribution in [0.1, 0.15) is 54.6 Å². The second-order valence-corrected chi connectivity index (χ2v) is 10.1. The molecular formula is C29H40N4O3. The molecule has 1 N–H and O–H groups in total. The summed E-state index contributed by atoms with van der Waals surface area (Å²) in [4.78, 5) is 33.0. The molecule has 1 fully saturated rings. The molecule has 0 aromatic heterocycles. The van der Waals surface area contributed by atoms with Crippen LogP contribution >= 0.6 is 0 Å². The summed E-state index contributed by atoms with van der Waals surface area (Å²) in [5.41, 5.74) is 2.68. The second-order valence-electron chi connectivity index (χ2n) is 10.1. The molecule has 2 aliphatic rings. The molecule has 2 amide bonds. The first-order valence-electron chi connectivity index (χ1n) is 13.3. The molecule has 2 aromatic rings. The Hall–Kier alpha value is -2.90. The maximum absolute atomic E-state index is 13.8. The van der Waals surface area contributed by atoms with Gasteiger partial charge in [-0.05, 0) is 50.8 Å². The number of nitrogens with one attached hydrogen (secondary N) is 1. The third-order valence-electron chi connectivity index (χ3n) is 7.09. The van der Waals surface area contributed by atoms with E-state index < -0.39 is 0 Å². The molecular weight excluding hydrogens is 452 g/mol. The van der Waals surface area contributed by atoms with Crippen molar-refractivity contribution in [2.75, 3.05) is 45.9 Å². The van der Waals surface area contributed by atoms with Crippen molar-refractivity contribution in [2.45, 2.75) is 52.2 Å². The summed E-state index contributed by atoms with van der Waals surface area (Å²) >= 11 is 0. The number of amides is 2. The zero-order chi connectivity index (χ0) is 25.3. The van der Waals surface area contributed by atoms with Gasteiger partial charge in [0.2, 0.25) is 5.91 Å². The largest absolute Gasteiger partial charge is 0.493 e. The van der Waals surface area contributed by atoms with Gasteiger partial charge in [0, 0.05) is 63.0 Å². The van der Waals surface area contributed by atoms with Crippen molar-refractivity contribution in [2.24, 2.45) is 0 Å². The fourth-order valence-corrected chi connectivity index (χ4v) is 4.98. The third kappa shape index (κ3) is 7.08. The Morgan fingerprint density at radius 2 is 1.72 bits per heavy atom. The minimum atomic E-state index is 0.0151. The summed E-state index contributed by atoms with van der Waals surface area (Å²) in [5, 5.41) is 3.06. The van der Waals surface area contributed by atoms with Gasteiger partial charge in [-0.1, -0.05) is 36.4 Å². The number of carbonyl (C=O) groups is 2. The van der Waals surface area contributed by atoms with E-state index in [2.05, 4.69) is 41.1 Å². The maximum atomic E-state index is 13.8. The highest BCUT2D eigenvalue weighted by atomic mass is 16.5. The van der Waals surface area contributed by atoms with Gasteiger partial charge in [-0.3, -0.25) is 19.4 Å². The molecule has 0 unspecified atom stereocenters. The topological polar surface area (TPSA) is 65.1 Å². The van der Waals surface area contributed by atoms with Gasteiger partial charge in [-0.2, -0.15) is 0 Å². The van der Waals surface area contributed by atoms with Gasteiger partial charge in [0.15, 0.2) is 0 Å². The summed E-state index contributed by atoms with van der Waals surface area (Å²) in [5.74, 6) is 0.813. The molecule has 0 bridgehead atoms. The Morgan fingerprint density at radius 3 is 2.47 bits per heavy atom. The third-order valence-corrected chi connectivity index (χ3v) is 7.09. The van der Waals surface area contributed by atoms with Gasteiger partial charge < -0.3 is 15.0 Å². The van der Waals surface area contributed by atoms with Crippen LogP contribution in [0.3, 0.4) is 0 Å². The number of carbonyl (C=O) groups excluding carboxylic acids is 2. The number of rotatable bonds is 4. The van der Waals surface area contributed by atoms with Crippen LogP contribution in [0, 0.1) is 0 Å². The molecule has 4 rings (SSSR count). The van der Waals surface area contributed by atoms with Crippen LogP contribution in [0.25, 0.3) is 0 Å². The smallest absolute Gasteiger partial charge is 0.254 e. The predicted molar refractivity (Wildman–Crippen MR) is 142 cm³/mol. The molecule has 0 radical (unpaired) electrons. The summed E-state index contributed by atoms with van der Waals surface area (Å²) in [7, 11) is 0. The standard InChI is InChI=1S/C29H40N4O3/c1-23(2)32-15-17-33(18-16-32)29(35)25-12-9-13-27-26(25)21-31(20-24-10-5-3-6-11-24)22-28(34)30-14-7-4-8-19-36-27/h3,5-6,9-13,23H,4,7-8,14-22H2,1-2H3,(H,30,34). The number of hydrogen-bond donors (Lipinski definition) is 1. The number of nitrogens with zero attached hydrogens (tertiary/aromatic N) is 3. The SMILES string of the molecule is CC(C)N1CCN(C(=O)c2cccc3c2CN(Cc2ccccc2)CC(=O)NCCCCCO3)CC1. The van der Waals surface area contributed by atoms with E-state index in [0.717, 1.165) is 62.3 Å². The zero-order valence-electron chi connectivity index (χ0n) is 21.7. The summed E-state index contributed by atoms with van der Waals surface area (Å²) < 4.78 is 6.24. The molecule has 7 nitrogen and oxygen atoms in total. The summed E-state index contributed by atoms with van der Waals surface area (Å²) in [6.45, 7) is 10.2. The van der Waals surface area contributed by atoms with E-state index in [1.54, 1.807) is 0 Å².